The Morgan fingerprint density at radius 1 is 1.24 bits per heavy atom. The minimum Gasteiger partial charge on any atom is -0.378 e. The molecule has 7 heteroatoms. The van der Waals surface area contributed by atoms with Gasteiger partial charge in [-0.3, -0.25) is 9.59 Å². The molecule has 1 aromatic heterocycles. The van der Waals surface area contributed by atoms with Crippen LogP contribution in [0.2, 0.25) is 5.02 Å². The largest absolute Gasteiger partial charge is 0.378 e. The van der Waals surface area contributed by atoms with Crippen molar-refractivity contribution < 1.29 is 14.7 Å². The van der Waals surface area contributed by atoms with Crippen molar-refractivity contribution in [3.8, 4) is 0 Å². The number of hydrogen-bond donors (Lipinski definition) is 2. The number of hydrogen-bond acceptors (Lipinski definition) is 4. The lowest BCUT2D eigenvalue weighted by Gasteiger charge is -2.36. The van der Waals surface area contributed by atoms with Crippen LogP contribution in [0.4, 0.5) is 0 Å². The molecular formula is C22H27ClN2O3S. The monoisotopic (exact) mass is 434 g/mol. The van der Waals surface area contributed by atoms with E-state index in [1.807, 2.05) is 26.8 Å². The van der Waals surface area contributed by atoms with Gasteiger partial charge in [0.2, 0.25) is 0 Å². The molecule has 156 valence electrons. The fourth-order valence-corrected chi connectivity index (χ4v) is 4.83. The number of benzene rings is 1. The Morgan fingerprint density at radius 3 is 2.52 bits per heavy atom. The highest BCUT2D eigenvalue weighted by molar-refractivity contribution is 7.14. The number of thiophene rings is 1. The molecule has 1 saturated heterocycles. The summed E-state index contributed by atoms with van der Waals surface area (Å²) < 4.78 is 0. The summed E-state index contributed by atoms with van der Waals surface area (Å²) in [6.07, 6.45) is 0.378. The van der Waals surface area contributed by atoms with E-state index in [0.717, 1.165) is 28.2 Å². The SMILES string of the molecule is Cc1cc(C(=O)NC(C)C2CCN(C(=O)C(O)c3cccc(Cl)c3)CC2)sc1C. The molecule has 0 aliphatic carbocycles. The smallest absolute Gasteiger partial charge is 0.261 e. The van der Waals surface area contributed by atoms with Crippen molar-refractivity contribution in [3.05, 3.63) is 56.2 Å². The van der Waals surface area contributed by atoms with Crippen LogP contribution in [0.1, 0.15) is 51.5 Å². The van der Waals surface area contributed by atoms with Gasteiger partial charge in [-0.1, -0.05) is 23.7 Å². The molecule has 2 N–H and O–H groups in total. The molecule has 2 aromatic rings. The van der Waals surface area contributed by atoms with Crippen molar-refractivity contribution in [2.75, 3.05) is 13.1 Å². The van der Waals surface area contributed by atoms with Crippen LogP contribution >= 0.6 is 22.9 Å². The second-order valence-electron chi connectivity index (χ2n) is 7.73. The number of amides is 2. The van der Waals surface area contributed by atoms with Crippen molar-refractivity contribution in [1.82, 2.24) is 10.2 Å². The van der Waals surface area contributed by atoms with Crippen LogP contribution < -0.4 is 5.32 Å². The van der Waals surface area contributed by atoms with Crippen molar-refractivity contribution >= 4 is 34.8 Å². The maximum atomic E-state index is 12.6. The molecule has 2 heterocycles. The third-order valence-electron chi connectivity index (χ3n) is 5.71. The number of carbonyl (C=O) groups is 2. The lowest BCUT2D eigenvalue weighted by Crippen LogP contribution is -2.46. The summed E-state index contributed by atoms with van der Waals surface area (Å²) in [7, 11) is 0. The summed E-state index contributed by atoms with van der Waals surface area (Å²) in [4.78, 5) is 28.7. The summed E-state index contributed by atoms with van der Waals surface area (Å²) in [5.41, 5.74) is 1.64. The van der Waals surface area contributed by atoms with E-state index in [1.165, 1.54) is 11.3 Å². The minimum absolute atomic E-state index is 0.0281. The molecule has 1 aliphatic rings. The van der Waals surface area contributed by atoms with Crippen molar-refractivity contribution in [2.45, 2.75) is 45.8 Å². The highest BCUT2D eigenvalue weighted by atomic mass is 35.5. The summed E-state index contributed by atoms with van der Waals surface area (Å²) in [6, 6.07) is 8.71. The zero-order valence-corrected chi connectivity index (χ0v) is 18.5. The summed E-state index contributed by atoms with van der Waals surface area (Å²) >= 11 is 7.47. The summed E-state index contributed by atoms with van der Waals surface area (Å²) in [5.74, 6) is -0.0333. The van der Waals surface area contributed by atoms with Gasteiger partial charge in [-0.25, -0.2) is 0 Å². The Bertz CT molecular complexity index is 870. The standard InChI is InChI=1S/C22H27ClN2O3S/c1-13-11-19(29-15(13)3)21(27)24-14(2)16-7-9-25(10-8-16)22(28)20(26)17-5-4-6-18(23)12-17/h4-6,11-12,14,16,20,26H,7-10H2,1-3H3,(H,24,27). The van der Waals surface area contributed by atoms with Crippen molar-refractivity contribution in [2.24, 2.45) is 5.92 Å². The van der Waals surface area contributed by atoms with Gasteiger partial charge in [-0.15, -0.1) is 11.3 Å². The van der Waals surface area contributed by atoms with Crippen LogP contribution in [0.25, 0.3) is 0 Å². The molecule has 29 heavy (non-hydrogen) atoms. The molecule has 0 bridgehead atoms. The van der Waals surface area contributed by atoms with E-state index in [-0.39, 0.29) is 17.9 Å². The molecule has 1 aliphatic heterocycles. The zero-order chi connectivity index (χ0) is 21.1. The molecular weight excluding hydrogens is 408 g/mol. The van der Waals surface area contributed by atoms with Crippen LogP contribution in [0.15, 0.2) is 30.3 Å². The molecule has 0 spiro atoms. The van der Waals surface area contributed by atoms with E-state index >= 15 is 0 Å². The number of halogens is 1. The second kappa shape index (κ2) is 9.28. The number of aliphatic hydroxyl groups excluding tert-OH is 1. The van der Waals surface area contributed by atoms with E-state index in [9.17, 15) is 14.7 Å². The number of likely N-dealkylation sites (tertiary alicyclic amines) is 1. The van der Waals surface area contributed by atoms with Crippen LogP contribution in [0.5, 0.6) is 0 Å². The maximum Gasteiger partial charge on any atom is 0.261 e. The first-order valence-corrected chi connectivity index (χ1v) is 11.1. The topological polar surface area (TPSA) is 69.6 Å². The molecule has 2 unspecified atom stereocenters. The Hall–Kier alpha value is -1.89. The van der Waals surface area contributed by atoms with E-state index < -0.39 is 6.10 Å². The van der Waals surface area contributed by atoms with Crippen LogP contribution in [-0.2, 0) is 4.79 Å². The van der Waals surface area contributed by atoms with Crippen molar-refractivity contribution in [3.63, 3.8) is 0 Å². The van der Waals surface area contributed by atoms with Gasteiger partial charge in [0.15, 0.2) is 6.10 Å². The van der Waals surface area contributed by atoms with Gasteiger partial charge < -0.3 is 15.3 Å². The van der Waals surface area contributed by atoms with Gasteiger partial charge in [0, 0.05) is 29.0 Å². The highest BCUT2D eigenvalue weighted by Gasteiger charge is 2.30. The summed E-state index contributed by atoms with van der Waals surface area (Å²) in [6.45, 7) is 7.19. The van der Waals surface area contributed by atoms with Crippen molar-refractivity contribution in [1.29, 1.82) is 0 Å². The Balaban J connectivity index is 1.52. The number of aliphatic hydroxyl groups is 1. The molecule has 1 fully saturated rings. The highest BCUT2D eigenvalue weighted by Crippen LogP contribution is 2.26. The van der Waals surface area contributed by atoms with Gasteiger partial charge in [0.05, 0.1) is 4.88 Å². The third-order valence-corrected chi connectivity index (χ3v) is 7.09. The van der Waals surface area contributed by atoms with Gasteiger partial charge >= 0.3 is 0 Å². The molecule has 2 atom stereocenters. The zero-order valence-electron chi connectivity index (χ0n) is 16.9. The predicted molar refractivity (Wildman–Crippen MR) is 116 cm³/mol. The molecule has 2 amide bonds. The minimum atomic E-state index is -1.20. The number of aryl methyl sites for hydroxylation is 2. The van der Waals surface area contributed by atoms with E-state index in [1.54, 1.807) is 29.2 Å². The lowest BCUT2D eigenvalue weighted by molar-refractivity contribution is -0.142. The molecule has 0 radical (unpaired) electrons. The Morgan fingerprint density at radius 2 is 1.93 bits per heavy atom. The van der Waals surface area contributed by atoms with Crippen LogP contribution in [0.3, 0.4) is 0 Å². The normalized spacial score (nSPS) is 17.1. The maximum absolute atomic E-state index is 12.6. The van der Waals surface area contributed by atoms with Crippen LogP contribution in [0, 0.1) is 19.8 Å². The fraction of sp³-hybridized carbons (Fsp3) is 0.455. The van der Waals surface area contributed by atoms with E-state index in [4.69, 9.17) is 11.6 Å². The molecule has 0 saturated carbocycles. The van der Waals surface area contributed by atoms with Gasteiger partial charge in [0.1, 0.15) is 0 Å². The predicted octanol–water partition coefficient (Wildman–Crippen LogP) is 4.11. The fourth-order valence-electron chi connectivity index (χ4n) is 3.69. The number of nitrogens with zero attached hydrogens (tertiary/aromatic N) is 1. The van der Waals surface area contributed by atoms with Gasteiger partial charge in [0.25, 0.3) is 11.8 Å². The first-order valence-electron chi connectivity index (χ1n) is 9.86. The number of piperidine rings is 1. The van der Waals surface area contributed by atoms with E-state index in [0.29, 0.717) is 29.6 Å². The third kappa shape index (κ3) is 5.18. The first kappa shape index (κ1) is 21.8. The van der Waals surface area contributed by atoms with Crippen LogP contribution in [-0.4, -0.2) is 41.0 Å². The molecule has 1 aromatic carbocycles. The summed E-state index contributed by atoms with van der Waals surface area (Å²) in [5, 5.41) is 14.0. The lowest BCUT2D eigenvalue weighted by atomic mass is 9.90. The quantitative estimate of drug-likeness (QED) is 0.744. The molecule has 3 rings (SSSR count). The van der Waals surface area contributed by atoms with Gasteiger partial charge in [-0.05, 0) is 68.9 Å². The Labute approximate surface area is 180 Å². The molecule has 5 nitrogen and oxygen atoms in total. The number of carbonyl (C=O) groups excluding carboxylic acids is 2. The Kier molecular flexibility index (Phi) is 6.98. The average molecular weight is 435 g/mol. The van der Waals surface area contributed by atoms with Gasteiger partial charge in [-0.2, -0.15) is 0 Å². The van der Waals surface area contributed by atoms with E-state index in [2.05, 4.69) is 5.32 Å². The number of rotatable bonds is 5. The first-order chi connectivity index (χ1) is 13.8. The number of nitrogens with one attached hydrogen (secondary N) is 1. The second-order valence-corrected chi connectivity index (χ2v) is 9.43. The average Bonchev–Trinajstić information content (AvgIpc) is 3.05.